The Hall–Kier alpha value is -1.89. The van der Waals surface area contributed by atoms with Gasteiger partial charge in [-0.05, 0) is 31.2 Å². The molecule has 1 aliphatic rings. The van der Waals surface area contributed by atoms with Crippen LogP contribution in [0.2, 0.25) is 0 Å². The van der Waals surface area contributed by atoms with Crippen molar-refractivity contribution in [2.45, 2.75) is 45.4 Å². The average Bonchev–Trinajstić information content (AvgIpc) is 2.72. The number of hydrogen-bond donors (Lipinski definition) is 1. The van der Waals surface area contributed by atoms with Crippen LogP contribution >= 0.6 is 11.3 Å². The lowest BCUT2D eigenvalue weighted by Gasteiger charge is -2.07. The van der Waals surface area contributed by atoms with Gasteiger partial charge in [-0.25, -0.2) is 4.79 Å². The first-order chi connectivity index (χ1) is 11.1. The van der Waals surface area contributed by atoms with Gasteiger partial charge in [0.25, 0.3) is 5.91 Å². The molecule has 1 aromatic heterocycles. The SMILES string of the molecule is CCC(=O)OCC(=O)Nc1sc2c(c1C(=O)OC)CCCCC2. The molecule has 1 heterocycles. The van der Waals surface area contributed by atoms with E-state index in [1.54, 1.807) is 6.92 Å². The highest BCUT2D eigenvalue weighted by molar-refractivity contribution is 7.17. The molecule has 1 aromatic rings. The normalized spacial score (nSPS) is 13.7. The minimum Gasteiger partial charge on any atom is -0.465 e. The van der Waals surface area contributed by atoms with E-state index in [2.05, 4.69) is 5.32 Å². The van der Waals surface area contributed by atoms with E-state index in [0.29, 0.717) is 10.6 Å². The van der Waals surface area contributed by atoms with Gasteiger partial charge in [0.2, 0.25) is 0 Å². The first-order valence-electron chi connectivity index (χ1n) is 7.75. The standard InChI is InChI=1S/C16H21NO5S/c1-3-13(19)22-9-12(18)17-15-14(16(20)21-2)10-7-5-4-6-8-11(10)23-15/h3-9H2,1-2H3,(H,17,18). The van der Waals surface area contributed by atoms with Crippen LogP contribution in [0.5, 0.6) is 0 Å². The van der Waals surface area contributed by atoms with Crippen LogP contribution in [0.3, 0.4) is 0 Å². The molecule has 6 nitrogen and oxygen atoms in total. The third-order valence-corrected chi connectivity index (χ3v) is 4.92. The zero-order valence-electron chi connectivity index (χ0n) is 13.4. The van der Waals surface area contributed by atoms with E-state index in [-0.39, 0.29) is 13.0 Å². The van der Waals surface area contributed by atoms with Crippen LogP contribution in [0.25, 0.3) is 0 Å². The highest BCUT2D eigenvalue weighted by Gasteiger charge is 2.26. The van der Waals surface area contributed by atoms with Crippen LogP contribution in [0.4, 0.5) is 5.00 Å². The van der Waals surface area contributed by atoms with Gasteiger partial charge in [0, 0.05) is 11.3 Å². The third-order valence-electron chi connectivity index (χ3n) is 3.72. The summed E-state index contributed by atoms with van der Waals surface area (Å²) in [5.41, 5.74) is 1.43. The number of hydrogen-bond acceptors (Lipinski definition) is 6. The summed E-state index contributed by atoms with van der Waals surface area (Å²) < 4.78 is 9.68. The summed E-state index contributed by atoms with van der Waals surface area (Å²) in [4.78, 5) is 36.3. The number of thiophene rings is 1. The molecule has 126 valence electrons. The Kier molecular flexibility index (Phi) is 6.15. The molecule has 0 saturated carbocycles. The van der Waals surface area contributed by atoms with E-state index in [1.807, 2.05) is 0 Å². The molecule has 0 atom stereocenters. The molecule has 1 N–H and O–H groups in total. The van der Waals surface area contributed by atoms with Gasteiger partial charge in [-0.3, -0.25) is 9.59 Å². The summed E-state index contributed by atoms with van der Waals surface area (Å²) in [5, 5.41) is 3.17. The number of esters is 2. The lowest BCUT2D eigenvalue weighted by molar-refractivity contribution is -0.146. The number of rotatable bonds is 5. The van der Waals surface area contributed by atoms with Gasteiger partial charge >= 0.3 is 11.9 Å². The van der Waals surface area contributed by atoms with Crippen molar-refractivity contribution >= 4 is 34.2 Å². The molecule has 1 aliphatic carbocycles. The number of carbonyl (C=O) groups is 3. The van der Waals surface area contributed by atoms with E-state index in [4.69, 9.17) is 9.47 Å². The highest BCUT2D eigenvalue weighted by Crippen LogP contribution is 2.37. The van der Waals surface area contributed by atoms with E-state index < -0.39 is 17.8 Å². The van der Waals surface area contributed by atoms with Crippen molar-refractivity contribution in [2.75, 3.05) is 19.0 Å². The molecule has 7 heteroatoms. The Balaban J connectivity index is 2.19. The summed E-state index contributed by atoms with van der Waals surface area (Å²) >= 11 is 1.41. The van der Waals surface area contributed by atoms with Gasteiger partial charge < -0.3 is 14.8 Å². The second-order valence-corrected chi connectivity index (χ2v) is 6.43. The molecule has 0 saturated heterocycles. The minimum atomic E-state index is -0.451. The Morgan fingerprint density at radius 1 is 1.17 bits per heavy atom. The van der Waals surface area contributed by atoms with Crippen molar-refractivity contribution in [2.24, 2.45) is 0 Å². The summed E-state index contributed by atoms with van der Waals surface area (Å²) in [7, 11) is 1.33. The summed E-state index contributed by atoms with van der Waals surface area (Å²) in [6.45, 7) is 1.31. The largest absolute Gasteiger partial charge is 0.465 e. The zero-order chi connectivity index (χ0) is 16.8. The van der Waals surface area contributed by atoms with Gasteiger partial charge in [0.05, 0.1) is 12.7 Å². The molecular formula is C16H21NO5S. The third kappa shape index (κ3) is 4.31. The topological polar surface area (TPSA) is 81.7 Å². The lowest BCUT2D eigenvalue weighted by atomic mass is 10.1. The van der Waals surface area contributed by atoms with Crippen LogP contribution in [0.15, 0.2) is 0 Å². The minimum absolute atomic E-state index is 0.216. The average molecular weight is 339 g/mol. The molecule has 0 unspecified atom stereocenters. The number of ether oxygens (including phenoxy) is 2. The Morgan fingerprint density at radius 2 is 1.91 bits per heavy atom. The first-order valence-corrected chi connectivity index (χ1v) is 8.56. The molecule has 0 spiro atoms. The lowest BCUT2D eigenvalue weighted by Crippen LogP contribution is -2.21. The molecule has 1 amide bonds. The van der Waals surface area contributed by atoms with E-state index in [9.17, 15) is 14.4 Å². The molecule has 0 fully saturated rings. The second-order valence-electron chi connectivity index (χ2n) is 5.32. The van der Waals surface area contributed by atoms with Crippen molar-refractivity contribution in [3.05, 3.63) is 16.0 Å². The number of amides is 1. The summed E-state index contributed by atoms with van der Waals surface area (Å²) in [6, 6.07) is 0. The van der Waals surface area contributed by atoms with E-state index in [0.717, 1.165) is 42.5 Å². The number of aryl methyl sites for hydroxylation is 1. The quantitative estimate of drug-likeness (QED) is 0.659. The van der Waals surface area contributed by atoms with Crippen LogP contribution in [-0.4, -0.2) is 31.6 Å². The van der Waals surface area contributed by atoms with Gasteiger partial charge in [0.1, 0.15) is 5.00 Å². The number of nitrogens with one attached hydrogen (secondary N) is 1. The van der Waals surface area contributed by atoms with Crippen LogP contribution in [-0.2, 0) is 31.9 Å². The number of methoxy groups -OCH3 is 1. The fraction of sp³-hybridized carbons (Fsp3) is 0.562. The van der Waals surface area contributed by atoms with Gasteiger partial charge in [-0.1, -0.05) is 13.3 Å². The second kappa shape index (κ2) is 8.10. The molecule has 23 heavy (non-hydrogen) atoms. The maximum Gasteiger partial charge on any atom is 0.341 e. The molecule has 2 rings (SSSR count). The van der Waals surface area contributed by atoms with Gasteiger partial charge in [-0.15, -0.1) is 11.3 Å². The molecule has 0 bridgehead atoms. The van der Waals surface area contributed by atoms with Crippen LogP contribution in [0, 0.1) is 0 Å². The Labute approximate surface area is 139 Å². The predicted molar refractivity (Wildman–Crippen MR) is 86.8 cm³/mol. The predicted octanol–water partition coefficient (Wildman–Crippen LogP) is 2.70. The van der Waals surface area contributed by atoms with Crippen molar-refractivity contribution in [1.29, 1.82) is 0 Å². The fourth-order valence-electron chi connectivity index (χ4n) is 2.56. The Bertz CT molecular complexity index is 608. The van der Waals surface area contributed by atoms with Crippen molar-refractivity contribution in [1.82, 2.24) is 0 Å². The van der Waals surface area contributed by atoms with Crippen molar-refractivity contribution in [3.8, 4) is 0 Å². The molecular weight excluding hydrogens is 318 g/mol. The summed E-state index contributed by atoms with van der Waals surface area (Å²) in [6.07, 6.45) is 5.18. The number of anilines is 1. The smallest absolute Gasteiger partial charge is 0.341 e. The van der Waals surface area contributed by atoms with Crippen molar-refractivity contribution < 1.29 is 23.9 Å². The molecule has 0 aliphatic heterocycles. The number of carbonyl (C=O) groups excluding carboxylic acids is 3. The maximum absolute atomic E-state index is 12.1. The first kappa shape index (κ1) is 17.5. The van der Waals surface area contributed by atoms with Crippen LogP contribution < -0.4 is 5.32 Å². The van der Waals surface area contributed by atoms with E-state index >= 15 is 0 Å². The van der Waals surface area contributed by atoms with Crippen LogP contribution in [0.1, 0.15) is 53.4 Å². The molecule has 0 aromatic carbocycles. The monoisotopic (exact) mass is 339 g/mol. The fourth-order valence-corrected chi connectivity index (χ4v) is 3.85. The van der Waals surface area contributed by atoms with Gasteiger partial charge in [0.15, 0.2) is 6.61 Å². The Morgan fingerprint density at radius 3 is 2.61 bits per heavy atom. The maximum atomic E-state index is 12.1. The number of fused-ring (bicyclic) bond motifs is 1. The molecule has 0 radical (unpaired) electrons. The van der Waals surface area contributed by atoms with Crippen molar-refractivity contribution in [3.63, 3.8) is 0 Å². The zero-order valence-corrected chi connectivity index (χ0v) is 14.2. The van der Waals surface area contributed by atoms with Gasteiger partial charge in [-0.2, -0.15) is 0 Å². The highest BCUT2D eigenvalue weighted by atomic mass is 32.1. The summed E-state index contributed by atoms with van der Waals surface area (Å²) in [5.74, 6) is -1.33. The van der Waals surface area contributed by atoms with E-state index in [1.165, 1.54) is 18.4 Å².